The minimum Gasteiger partial charge on any atom is -0.493 e. The van der Waals surface area contributed by atoms with E-state index >= 15 is 0 Å². The summed E-state index contributed by atoms with van der Waals surface area (Å²) in [5, 5.41) is 0. The summed E-state index contributed by atoms with van der Waals surface area (Å²) in [6.45, 7) is 7.33. The van der Waals surface area contributed by atoms with Crippen molar-refractivity contribution in [3.8, 4) is 5.75 Å². The highest BCUT2D eigenvalue weighted by Crippen LogP contribution is 2.19. The summed E-state index contributed by atoms with van der Waals surface area (Å²) in [5.74, 6) is 1.61. The van der Waals surface area contributed by atoms with E-state index in [0.29, 0.717) is 5.92 Å². The summed E-state index contributed by atoms with van der Waals surface area (Å²) in [5.41, 5.74) is 7.15. The fraction of sp³-hybridized carbons (Fsp3) is 0.600. The van der Waals surface area contributed by atoms with Crippen LogP contribution in [0.5, 0.6) is 5.75 Å². The Hall–Kier alpha value is -1.02. The fourth-order valence-electron chi connectivity index (χ4n) is 1.79. The van der Waals surface area contributed by atoms with Crippen LogP contribution in [0.1, 0.15) is 51.6 Å². The van der Waals surface area contributed by atoms with E-state index in [1.54, 1.807) is 0 Å². The first kappa shape index (κ1) is 14.0. The number of hydrogen-bond donors (Lipinski definition) is 1. The summed E-state index contributed by atoms with van der Waals surface area (Å²) in [6.07, 6.45) is 3.32. The third kappa shape index (κ3) is 4.39. The Kier molecular flexibility index (Phi) is 6.06. The van der Waals surface area contributed by atoms with Crippen molar-refractivity contribution in [1.29, 1.82) is 0 Å². The second-order valence-electron chi connectivity index (χ2n) is 4.58. The maximum atomic E-state index is 5.97. The van der Waals surface area contributed by atoms with Crippen molar-refractivity contribution in [1.82, 2.24) is 0 Å². The first-order valence-electron chi connectivity index (χ1n) is 6.69. The minimum absolute atomic E-state index is 0.142. The quantitative estimate of drug-likeness (QED) is 0.777. The lowest BCUT2D eigenvalue weighted by Gasteiger charge is -2.14. The Morgan fingerprint density at radius 2 is 1.59 bits per heavy atom. The monoisotopic (exact) mass is 235 g/mol. The summed E-state index contributed by atoms with van der Waals surface area (Å²) in [7, 11) is 0. The molecule has 0 fully saturated rings. The largest absolute Gasteiger partial charge is 0.493 e. The van der Waals surface area contributed by atoms with Gasteiger partial charge in [0.2, 0.25) is 0 Å². The van der Waals surface area contributed by atoms with E-state index in [1.807, 2.05) is 12.1 Å². The van der Waals surface area contributed by atoms with Gasteiger partial charge in [-0.15, -0.1) is 0 Å². The van der Waals surface area contributed by atoms with Crippen molar-refractivity contribution in [3.63, 3.8) is 0 Å². The van der Waals surface area contributed by atoms with Gasteiger partial charge in [0.15, 0.2) is 0 Å². The topological polar surface area (TPSA) is 35.2 Å². The zero-order chi connectivity index (χ0) is 12.7. The molecule has 0 aliphatic heterocycles. The van der Waals surface area contributed by atoms with Gasteiger partial charge in [0.25, 0.3) is 0 Å². The molecule has 0 saturated heterocycles. The molecule has 2 N–H and O–H groups in total. The van der Waals surface area contributed by atoms with Crippen molar-refractivity contribution >= 4 is 0 Å². The third-order valence-corrected chi connectivity index (χ3v) is 3.39. The molecule has 1 atom stereocenters. The Morgan fingerprint density at radius 1 is 1.00 bits per heavy atom. The molecular formula is C15H25NO. The lowest BCUT2D eigenvalue weighted by molar-refractivity contribution is 0.240. The maximum Gasteiger partial charge on any atom is 0.119 e. The average molecular weight is 235 g/mol. The molecule has 0 saturated carbocycles. The normalized spacial score (nSPS) is 12.8. The van der Waals surface area contributed by atoms with Crippen molar-refractivity contribution in [2.75, 3.05) is 6.61 Å². The molecule has 0 spiro atoms. The summed E-state index contributed by atoms with van der Waals surface area (Å²) in [4.78, 5) is 0. The van der Waals surface area contributed by atoms with Gasteiger partial charge in [-0.2, -0.15) is 0 Å². The Morgan fingerprint density at radius 3 is 2.06 bits per heavy atom. The Labute approximate surface area is 105 Å². The van der Waals surface area contributed by atoms with Crippen LogP contribution in [-0.4, -0.2) is 6.61 Å². The molecule has 1 aromatic rings. The van der Waals surface area contributed by atoms with Gasteiger partial charge in [-0.05, 0) is 30.0 Å². The predicted molar refractivity (Wildman–Crippen MR) is 73.2 cm³/mol. The van der Waals surface area contributed by atoms with E-state index in [9.17, 15) is 0 Å². The summed E-state index contributed by atoms with van der Waals surface area (Å²) < 4.78 is 5.78. The van der Waals surface area contributed by atoms with Gasteiger partial charge in [0.1, 0.15) is 5.75 Å². The lowest BCUT2D eigenvalue weighted by Crippen LogP contribution is -2.11. The molecule has 0 aliphatic rings. The van der Waals surface area contributed by atoms with E-state index in [4.69, 9.17) is 10.5 Å². The fourth-order valence-corrected chi connectivity index (χ4v) is 1.79. The van der Waals surface area contributed by atoms with Crippen LogP contribution in [0, 0.1) is 5.92 Å². The second-order valence-corrected chi connectivity index (χ2v) is 4.58. The molecule has 17 heavy (non-hydrogen) atoms. The highest BCUT2D eigenvalue weighted by atomic mass is 16.5. The minimum atomic E-state index is 0.142. The molecule has 0 aromatic heterocycles. The highest BCUT2D eigenvalue weighted by Gasteiger charge is 2.06. The molecule has 1 rings (SSSR count). The van der Waals surface area contributed by atoms with Crippen LogP contribution in [0.4, 0.5) is 0 Å². The Bertz CT molecular complexity index is 303. The van der Waals surface area contributed by atoms with Gasteiger partial charge in [-0.3, -0.25) is 0 Å². The van der Waals surface area contributed by atoms with E-state index in [0.717, 1.165) is 18.8 Å². The van der Waals surface area contributed by atoms with Gasteiger partial charge in [0, 0.05) is 6.04 Å². The van der Waals surface area contributed by atoms with E-state index in [2.05, 4.69) is 32.9 Å². The molecular weight excluding hydrogens is 210 g/mol. The molecule has 0 aliphatic carbocycles. The van der Waals surface area contributed by atoms with Crippen molar-refractivity contribution in [2.45, 2.75) is 46.1 Å². The van der Waals surface area contributed by atoms with Crippen LogP contribution in [0.15, 0.2) is 24.3 Å². The Balaban J connectivity index is 2.50. The smallest absolute Gasteiger partial charge is 0.119 e. The standard InChI is InChI=1S/C15H25NO/c1-4-12(5-2)11-17-14-9-7-13(8-10-14)15(16)6-3/h7-10,12,15H,4-6,11,16H2,1-3H3. The summed E-state index contributed by atoms with van der Waals surface area (Å²) in [6, 6.07) is 8.32. The molecule has 0 radical (unpaired) electrons. The lowest BCUT2D eigenvalue weighted by atomic mass is 10.0. The molecule has 1 aromatic carbocycles. The zero-order valence-electron chi connectivity index (χ0n) is 11.3. The van der Waals surface area contributed by atoms with Gasteiger partial charge >= 0.3 is 0 Å². The third-order valence-electron chi connectivity index (χ3n) is 3.39. The number of ether oxygens (including phenoxy) is 1. The predicted octanol–water partition coefficient (Wildman–Crippen LogP) is 3.91. The molecule has 1 unspecified atom stereocenters. The van der Waals surface area contributed by atoms with Gasteiger partial charge < -0.3 is 10.5 Å². The van der Waals surface area contributed by atoms with E-state index in [1.165, 1.54) is 18.4 Å². The highest BCUT2D eigenvalue weighted by molar-refractivity contribution is 5.28. The van der Waals surface area contributed by atoms with Crippen LogP contribution < -0.4 is 10.5 Å². The van der Waals surface area contributed by atoms with Crippen molar-refractivity contribution in [2.24, 2.45) is 11.7 Å². The molecule has 0 amide bonds. The van der Waals surface area contributed by atoms with E-state index < -0.39 is 0 Å². The molecule has 2 nitrogen and oxygen atoms in total. The number of hydrogen-bond acceptors (Lipinski definition) is 2. The molecule has 96 valence electrons. The van der Waals surface area contributed by atoms with Gasteiger partial charge in [-0.1, -0.05) is 45.7 Å². The van der Waals surface area contributed by atoms with Gasteiger partial charge in [-0.25, -0.2) is 0 Å². The summed E-state index contributed by atoms with van der Waals surface area (Å²) >= 11 is 0. The molecule has 0 bridgehead atoms. The zero-order valence-corrected chi connectivity index (χ0v) is 11.3. The van der Waals surface area contributed by atoms with Crippen molar-refractivity contribution in [3.05, 3.63) is 29.8 Å². The first-order chi connectivity index (χ1) is 8.21. The number of nitrogens with two attached hydrogens (primary N) is 1. The van der Waals surface area contributed by atoms with Crippen LogP contribution in [-0.2, 0) is 0 Å². The van der Waals surface area contributed by atoms with Gasteiger partial charge in [0.05, 0.1) is 6.61 Å². The van der Waals surface area contributed by atoms with E-state index in [-0.39, 0.29) is 6.04 Å². The van der Waals surface area contributed by atoms with Crippen LogP contribution in [0.25, 0.3) is 0 Å². The first-order valence-corrected chi connectivity index (χ1v) is 6.69. The average Bonchev–Trinajstić information content (AvgIpc) is 2.39. The maximum absolute atomic E-state index is 5.97. The van der Waals surface area contributed by atoms with Crippen LogP contribution in [0.3, 0.4) is 0 Å². The number of rotatable bonds is 7. The second kappa shape index (κ2) is 7.33. The number of benzene rings is 1. The SMILES string of the molecule is CCC(CC)COc1ccc(C(N)CC)cc1. The van der Waals surface area contributed by atoms with Crippen molar-refractivity contribution < 1.29 is 4.74 Å². The van der Waals surface area contributed by atoms with Crippen LogP contribution >= 0.6 is 0 Å². The molecule has 0 heterocycles. The molecule has 2 heteroatoms. The van der Waals surface area contributed by atoms with Crippen LogP contribution in [0.2, 0.25) is 0 Å².